The SMILES string of the molecule is CCOc1oc(C2=CCCN(C)C2)nc1C. The molecular formula is C12H18N2O2. The van der Waals surface area contributed by atoms with E-state index in [1.165, 1.54) is 0 Å². The van der Waals surface area contributed by atoms with Crippen LogP contribution in [0.2, 0.25) is 0 Å². The Morgan fingerprint density at radius 3 is 3.06 bits per heavy atom. The van der Waals surface area contributed by atoms with Gasteiger partial charge < -0.3 is 14.1 Å². The number of oxazole rings is 1. The molecule has 16 heavy (non-hydrogen) atoms. The second-order valence-corrected chi connectivity index (χ2v) is 4.08. The molecule has 0 atom stereocenters. The first-order valence-electron chi connectivity index (χ1n) is 5.69. The highest BCUT2D eigenvalue weighted by molar-refractivity contribution is 5.61. The Morgan fingerprint density at radius 2 is 2.38 bits per heavy atom. The summed E-state index contributed by atoms with van der Waals surface area (Å²) >= 11 is 0. The van der Waals surface area contributed by atoms with Crippen LogP contribution in [0.1, 0.15) is 24.9 Å². The van der Waals surface area contributed by atoms with Crippen molar-refractivity contribution < 1.29 is 9.15 Å². The van der Waals surface area contributed by atoms with Gasteiger partial charge in [-0.1, -0.05) is 6.08 Å². The van der Waals surface area contributed by atoms with E-state index in [1.54, 1.807) is 0 Å². The normalized spacial score (nSPS) is 17.3. The lowest BCUT2D eigenvalue weighted by atomic mass is 10.1. The van der Waals surface area contributed by atoms with Gasteiger partial charge in [-0.25, -0.2) is 4.98 Å². The van der Waals surface area contributed by atoms with Gasteiger partial charge in [-0.2, -0.15) is 0 Å². The van der Waals surface area contributed by atoms with Gasteiger partial charge in [0, 0.05) is 18.7 Å². The van der Waals surface area contributed by atoms with Gasteiger partial charge in [0.25, 0.3) is 0 Å². The maximum absolute atomic E-state index is 5.61. The fourth-order valence-corrected chi connectivity index (χ4v) is 1.83. The molecule has 0 amide bonds. The summed E-state index contributed by atoms with van der Waals surface area (Å²) in [6, 6.07) is 0. The fraction of sp³-hybridized carbons (Fsp3) is 0.583. The van der Waals surface area contributed by atoms with Crippen LogP contribution in [0.3, 0.4) is 0 Å². The predicted molar refractivity (Wildman–Crippen MR) is 62.5 cm³/mol. The summed E-state index contributed by atoms with van der Waals surface area (Å²) in [6.07, 6.45) is 3.25. The van der Waals surface area contributed by atoms with Gasteiger partial charge in [-0.15, -0.1) is 0 Å². The summed E-state index contributed by atoms with van der Waals surface area (Å²) in [5, 5.41) is 0. The molecule has 0 saturated heterocycles. The van der Waals surface area contributed by atoms with Gasteiger partial charge >= 0.3 is 5.95 Å². The third kappa shape index (κ3) is 2.27. The quantitative estimate of drug-likeness (QED) is 0.785. The molecule has 2 rings (SSSR count). The Bertz CT molecular complexity index is 396. The standard InChI is InChI=1S/C12H18N2O2/c1-4-15-12-9(2)13-11(16-12)10-6-5-7-14(3)8-10/h6H,4-5,7-8H2,1-3H3. The predicted octanol–water partition coefficient (Wildman–Crippen LogP) is 2.10. The van der Waals surface area contributed by atoms with E-state index in [9.17, 15) is 0 Å². The molecule has 2 heterocycles. The number of likely N-dealkylation sites (N-methyl/N-ethyl adjacent to an activating group) is 1. The number of hydrogen-bond donors (Lipinski definition) is 0. The van der Waals surface area contributed by atoms with Gasteiger partial charge in [0.1, 0.15) is 5.69 Å². The van der Waals surface area contributed by atoms with E-state index >= 15 is 0 Å². The maximum atomic E-state index is 5.61. The Hall–Kier alpha value is -1.29. The first-order chi connectivity index (χ1) is 7.70. The molecule has 0 spiro atoms. The van der Waals surface area contributed by atoms with E-state index in [0.29, 0.717) is 18.4 Å². The first kappa shape index (κ1) is 11.2. The van der Waals surface area contributed by atoms with Gasteiger partial charge in [-0.3, -0.25) is 0 Å². The molecule has 88 valence electrons. The minimum Gasteiger partial charge on any atom is -0.464 e. The lowest BCUT2D eigenvalue weighted by Gasteiger charge is -2.20. The third-order valence-electron chi connectivity index (χ3n) is 2.65. The first-order valence-corrected chi connectivity index (χ1v) is 5.69. The van der Waals surface area contributed by atoms with Gasteiger partial charge in [-0.05, 0) is 27.3 Å². The van der Waals surface area contributed by atoms with E-state index in [2.05, 4.69) is 23.0 Å². The van der Waals surface area contributed by atoms with Crippen LogP contribution in [0.25, 0.3) is 5.57 Å². The molecule has 1 aliphatic heterocycles. The lowest BCUT2D eigenvalue weighted by Crippen LogP contribution is -2.25. The van der Waals surface area contributed by atoms with Crippen LogP contribution in [0, 0.1) is 6.92 Å². The topological polar surface area (TPSA) is 38.5 Å². The third-order valence-corrected chi connectivity index (χ3v) is 2.65. The zero-order valence-corrected chi connectivity index (χ0v) is 10.1. The second kappa shape index (κ2) is 4.70. The molecule has 0 bridgehead atoms. The van der Waals surface area contributed by atoms with E-state index in [4.69, 9.17) is 9.15 Å². The van der Waals surface area contributed by atoms with Crippen LogP contribution in [-0.2, 0) is 0 Å². The minimum absolute atomic E-state index is 0.548. The van der Waals surface area contributed by atoms with Crippen molar-refractivity contribution in [3.05, 3.63) is 17.7 Å². The average molecular weight is 222 g/mol. The molecule has 0 aliphatic carbocycles. The number of hydrogen-bond acceptors (Lipinski definition) is 4. The van der Waals surface area contributed by atoms with Crippen LogP contribution in [0.4, 0.5) is 0 Å². The van der Waals surface area contributed by atoms with Gasteiger partial charge in [0.15, 0.2) is 0 Å². The largest absolute Gasteiger partial charge is 0.464 e. The van der Waals surface area contributed by atoms with E-state index in [-0.39, 0.29) is 0 Å². The van der Waals surface area contributed by atoms with Crippen molar-refractivity contribution in [1.82, 2.24) is 9.88 Å². The molecule has 0 saturated carbocycles. The van der Waals surface area contributed by atoms with Crippen molar-refractivity contribution in [1.29, 1.82) is 0 Å². The van der Waals surface area contributed by atoms with Crippen LogP contribution in [-0.4, -0.2) is 36.6 Å². The second-order valence-electron chi connectivity index (χ2n) is 4.08. The highest BCUT2D eigenvalue weighted by Crippen LogP contribution is 2.26. The molecule has 4 nitrogen and oxygen atoms in total. The Labute approximate surface area is 95.9 Å². The van der Waals surface area contributed by atoms with Crippen molar-refractivity contribution in [2.75, 3.05) is 26.7 Å². The van der Waals surface area contributed by atoms with E-state index in [1.807, 2.05) is 13.8 Å². The smallest absolute Gasteiger partial charge is 0.308 e. The van der Waals surface area contributed by atoms with Crippen molar-refractivity contribution in [2.45, 2.75) is 20.3 Å². The summed E-state index contributed by atoms with van der Waals surface area (Å²) in [5.74, 6) is 1.25. The van der Waals surface area contributed by atoms with E-state index in [0.717, 1.165) is 30.8 Å². The molecule has 1 aromatic rings. The molecule has 0 N–H and O–H groups in total. The number of rotatable bonds is 3. The summed E-state index contributed by atoms with van der Waals surface area (Å²) in [4.78, 5) is 6.66. The van der Waals surface area contributed by atoms with Crippen LogP contribution < -0.4 is 4.74 Å². The van der Waals surface area contributed by atoms with Crippen molar-refractivity contribution >= 4 is 5.57 Å². The molecule has 0 unspecified atom stereocenters. The lowest BCUT2D eigenvalue weighted by molar-refractivity contribution is 0.252. The summed E-state index contributed by atoms with van der Waals surface area (Å²) in [7, 11) is 2.10. The van der Waals surface area contributed by atoms with Crippen molar-refractivity contribution in [2.24, 2.45) is 0 Å². The van der Waals surface area contributed by atoms with Crippen molar-refractivity contribution in [3.63, 3.8) is 0 Å². The maximum Gasteiger partial charge on any atom is 0.308 e. The molecule has 1 aromatic heterocycles. The number of ether oxygens (including phenoxy) is 1. The molecule has 0 radical (unpaired) electrons. The average Bonchev–Trinajstić information content (AvgIpc) is 2.61. The minimum atomic E-state index is 0.548. The highest BCUT2D eigenvalue weighted by Gasteiger charge is 2.17. The van der Waals surface area contributed by atoms with Crippen LogP contribution in [0.15, 0.2) is 10.5 Å². The Morgan fingerprint density at radius 1 is 1.56 bits per heavy atom. The summed E-state index contributed by atoms with van der Waals surface area (Å²) in [6.45, 7) is 6.45. The Balaban J connectivity index is 2.20. The number of aromatic nitrogens is 1. The van der Waals surface area contributed by atoms with Crippen LogP contribution >= 0.6 is 0 Å². The van der Waals surface area contributed by atoms with Crippen molar-refractivity contribution in [3.8, 4) is 5.95 Å². The van der Waals surface area contributed by atoms with Crippen LogP contribution in [0.5, 0.6) is 5.95 Å². The monoisotopic (exact) mass is 222 g/mol. The zero-order valence-electron chi connectivity index (χ0n) is 10.1. The Kier molecular flexibility index (Phi) is 3.29. The number of aryl methyl sites for hydroxylation is 1. The van der Waals surface area contributed by atoms with E-state index < -0.39 is 0 Å². The summed E-state index contributed by atoms with van der Waals surface area (Å²) < 4.78 is 11.0. The van der Waals surface area contributed by atoms with Gasteiger partial charge in [0.05, 0.1) is 6.61 Å². The molecular weight excluding hydrogens is 204 g/mol. The summed E-state index contributed by atoms with van der Waals surface area (Å²) in [5.41, 5.74) is 1.98. The number of nitrogens with zero attached hydrogens (tertiary/aromatic N) is 2. The fourth-order valence-electron chi connectivity index (χ4n) is 1.83. The molecule has 0 aromatic carbocycles. The van der Waals surface area contributed by atoms with Gasteiger partial charge in [0.2, 0.25) is 5.89 Å². The molecule has 0 fully saturated rings. The molecule has 4 heteroatoms. The highest BCUT2D eigenvalue weighted by atomic mass is 16.6. The zero-order chi connectivity index (χ0) is 11.5. The molecule has 1 aliphatic rings.